The first kappa shape index (κ1) is 25.4. The number of alkyl halides is 4. The van der Waals surface area contributed by atoms with E-state index >= 15 is 0 Å². The number of thiazole rings is 1. The normalized spacial score (nSPS) is 25.5. The summed E-state index contributed by atoms with van der Waals surface area (Å²) >= 11 is 1.32. The molecule has 11 heteroatoms. The van der Waals surface area contributed by atoms with Crippen LogP contribution in [-0.2, 0) is 6.42 Å². The molecule has 2 aliphatic heterocycles. The van der Waals surface area contributed by atoms with Gasteiger partial charge in [0.05, 0.1) is 25.3 Å². The van der Waals surface area contributed by atoms with Crippen LogP contribution in [-0.4, -0.2) is 88.5 Å². The molecule has 3 aromatic rings. The summed E-state index contributed by atoms with van der Waals surface area (Å²) in [4.78, 5) is 12.3. The molecule has 196 valence electrons. The number of rotatable bonds is 9. The van der Waals surface area contributed by atoms with Crippen LogP contribution in [0.25, 0.3) is 10.9 Å². The maximum absolute atomic E-state index is 14.6. The molecule has 4 atom stereocenters. The maximum Gasteiger partial charge on any atom is 0.283 e. The number of halogens is 4. The van der Waals surface area contributed by atoms with Gasteiger partial charge in [0.15, 0.2) is 5.13 Å². The summed E-state index contributed by atoms with van der Waals surface area (Å²) in [6, 6.07) is 6.72. The molecule has 0 aliphatic carbocycles. The number of aromatic amines is 1. The minimum atomic E-state index is -3.25. The molecule has 2 aromatic heterocycles. The van der Waals surface area contributed by atoms with Gasteiger partial charge >= 0.3 is 0 Å². The number of benzene rings is 1. The zero-order valence-electron chi connectivity index (χ0n) is 20.1. The van der Waals surface area contributed by atoms with Crippen molar-refractivity contribution in [3.05, 3.63) is 46.6 Å². The molecule has 0 unspecified atom stereocenters. The van der Waals surface area contributed by atoms with Crippen molar-refractivity contribution in [3.63, 3.8) is 0 Å². The second kappa shape index (κ2) is 10.3. The first-order chi connectivity index (χ1) is 17.3. The molecule has 1 aromatic carbocycles. The zero-order valence-corrected chi connectivity index (χ0v) is 20.9. The number of aliphatic hydroxyl groups excluding tert-OH is 1. The van der Waals surface area contributed by atoms with Crippen molar-refractivity contribution in [2.24, 2.45) is 0 Å². The highest BCUT2D eigenvalue weighted by Gasteiger charge is 2.42. The van der Waals surface area contributed by atoms with Gasteiger partial charge in [-0.25, -0.2) is 18.2 Å². The van der Waals surface area contributed by atoms with Crippen LogP contribution in [0.2, 0.25) is 0 Å². The summed E-state index contributed by atoms with van der Waals surface area (Å²) in [5, 5.41) is 14.0. The molecule has 0 spiro atoms. The predicted molar refractivity (Wildman–Crippen MR) is 133 cm³/mol. The highest BCUT2D eigenvalue weighted by Crippen LogP contribution is 2.44. The lowest BCUT2D eigenvalue weighted by Crippen LogP contribution is -2.49. The Hall–Kier alpha value is -2.21. The molecule has 0 saturated carbocycles. The third kappa shape index (κ3) is 4.98. The average molecular weight is 526 g/mol. The molecule has 1 fully saturated rings. The van der Waals surface area contributed by atoms with Gasteiger partial charge in [-0.3, -0.25) is 14.2 Å². The molecule has 0 radical (unpaired) electrons. The van der Waals surface area contributed by atoms with Crippen LogP contribution in [0.1, 0.15) is 35.5 Å². The molecule has 36 heavy (non-hydrogen) atoms. The Morgan fingerprint density at radius 1 is 1.28 bits per heavy atom. The van der Waals surface area contributed by atoms with E-state index < -0.39 is 44.0 Å². The standard InChI is InChI=1S/C25H31F4N5OS/c1-15-9-17-16-5-2-3-6-19(16)31-22(17)23(34(15)13-25(28,29)14-35)21-10-30-24(36-21)32-20-12-33(8-4-7-26)11-18(20)27/h2-3,5-6,10,15,18,20,23,31,35H,4,7-9,11-14H2,1H3,(H,30,32)/t15-,18+,20-,23-/m1/s1. The van der Waals surface area contributed by atoms with E-state index in [4.69, 9.17) is 0 Å². The van der Waals surface area contributed by atoms with E-state index in [1.54, 1.807) is 11.1 Å². The fourth-order valence-electron chi connectivity index (χ4n) is 5.46. The fourth-order valence-corrected chi connectivity index (χ4v) is 6.47. The van der Waals surface area contributed by atoms with Crippen molar-refractivity contribution in [2.45, 2.75) is 50.0 Å². The fraction of sp³-hybridized carbons (Fsp3) is 0.560. The quantitative estimate of drug-likeness (QED) is 0.362. The Labute approximate surface area is 211 Å². The number of likely N-dealkylation sites (tertiary alicyclic amines) is 1. The number of hydrogen-bond acceptors (Lipinski definition) is 6. The Balaban J connectivity index is 1.45. The Kier molecular flexibility index (Phi) is 7.26. The molecule has 1 saturated heterocycles. The number of hydrogen-bond donors (Lipinski definition) is 3. The summed E-state index contributed by atoms with van der Waals surface area (Å²) in [5.74, 6) is -3.25. The first-order valence-electron chi connectivity index (χ1n) is 12.3. The highest BCUT2D eigenvalue weighted by atomic mass is 32.1. The molecule has 4 heterocycles. The number of nitrogens with one attached hydrogen (secondary N) is 2. The van der Waals surface area contributed by atoms with Crippen LogP contribution in [0.3, 0.4) is 0 Å². The lowest BCUT2D eigenvalue weighted by molar-refractivity contribution is -0.0862. The molecule has 0 amide bonds. The van der Waals surface area contributed by atoms with Gasteiger partial charge in [-0.15, -0.1) is 11.3 Å². The lowest BCUT2D eigenvalue weighted by Gasteiger charge is -2.41. The van der Waals surface area contributed by atoms with E-state index in [1.807, 2.05) is 36.1 Å². The average Bonchev–Trinajstić information content (AvgIpc) is 3.56. The van der Waals surface area contributed by atoms with E-state index in [9.17, 15) is 22.7 Å². The number of anilines is 1. The van der Waals surface area contributed by atoms with E-state index in [1.165, 1.54) is 11.3 Å². The Morgan fingerprint density at radius 3 is 2.86 bits per heavy atom. The van der Waals surface area contributed by atoms with Gasteiger partial charge in [-0.05, 0) is 31.4 Å². The number of fused-ring (bicyclic) bond motifs is 3. The van der Waals surface area contributed by atoms with Crippen molar-refractivity contribution >= 4 is 27.4 Å². The lowest BCUT2D eigenvalue weighted by atomic mass is 9.91. The number of para-hydroxylation sites is 1. The summed E-state index contributed by atoms with van der Waals surface area (Å²) in [5.41, 5.74) is 2.88. The molecule has 3 N–H and O–H groups in total. The van der Waals surface area contributed by atoms with E-state index in [0.29, 0.717) is 31.1 Å². The predicted octanol–water partition coefficient (Wildman–Crippen LogP) is 4.38. The molecular formula is C25H31F4N5OS. The van der Waals surface area contributed by atoms with Gasteiger partial charge in [0.2, 0.25) is 0 Å². The van der Waals surface area contributed by atoms with E-state index in [-0.39, 0.29) is 12.6 Å². The van der Waals surface area contributed by atoms with Gasteiger partial charge < -0.3 is 15.4 Å². The first-order valence-corrected chi connectivity index (χ1v) is 13.1. The van der Waals surface area contributed by atoms with Crippen LogP contribution in [0, 0.1) is 0 Å². The smallest absolute Gasteiger partial charge is 0.283 e. The number of aliphatic hydroxyl groups is 1. The third-order valence-corrected chi connectivity index (χ3v) is 8.18. The number of nitrogens with zero attached hydrogens (tertiary/aromatic N) is 3. The molecule has 6 nitrogen and oxygen atoms in total. The van der Waals surface area contributed by atoms with Crippen molar-refractivity contribution in [2.75, 3.05) is 44.8 Å². The Morgan fingerprint density at radius 2 is 2.08 bits per heavy atom. The van der Waals surface area contributed by atoms with Crippen LogP contribution in [0.15, 0.2) is 30.5 Å². The van der Waals surface area contributed by atoms with Gasteiger partial charge in [0.25, 0.3) is 5.92 Å². The summed E-state index contributed by atoms with van der Waals surface area (Å²) < 4.78 is 56.0. The number of aromatic nitrogens is 2. The second-order valence-electron chi connectivity index (χ2n) is 9.84. The van der Waals surface area contributed by atoms with E-state index in [2.05, 4.69) is 15.3 Å². The summed E-state index contributed by atoms with van der Waals surface area (Å²) in [7, 11) is 0. The van der Waals surface area contributed by atoms with Crippen LogP contribution in [0.4, 0.5) is 22.7 Å². The largest absolute Gasteiger partial charge is 0.390 e. The SMILES string of the molecule is C[C@@H]1Cc2c([nH]c3ccccc23)[C@@H](c2cnc(N[C@@H]3CN(CCCF)C[C@@H]3F)s2)N1CC(F)(F)CO. The van der Waals surface area contributed by atoms with Crippen LogP contribution in [0.5, 0.6) is 0 Å². The van der Waals surface area contributed by atoms with E-state index in [0.717, 1.165) is 27.0 Å². The summed E-state index contributed by atoms with van der Waals surface area (Å²) in [6.45, 7) is 0.887. The van der Waals surface area contributed by atoms with Crippen molar-refractivity contribution in [1.29, 1.82) is 0 Å². The highest BCUT2D eigenvalue weighted by molar-refractivity contribution is 7.15. The third-order valence-electron chi connectivity index (χ3n) is 7.20. The topological polar surface area (TPSA) is 67.4 Å². The maximum atomic E-state index is 14.6. The monoisotopic (exact) mass is 525 g/mol. The van der Waals surface area contributed by atoms with Crippen molar-refractivity contribution in [1.82, 2.24) is 19.8 Å². The Bertz CT molecular complexity index is 1190. The minimum absolute atomic E-state index is 0.202. The molecule has 0 bridgehead atoms. The van der Waals surface area contributed by atoms with Crippen molar-refractivity contribution in [3.8, 4) is 0 Å². The zero-order chi connectivity index (χ0) is 25.4. The molecular weight excluding hydrogens is 494 g/mol. The summed E-state index contributed by atoms with van der Waals surface area (Å²) in [6.07, 6.45) is 1.54. The van der Waals surface area contributed by atoms with Crippen LogP contribution >= 0.6 is 11.3 Å². The minimum Gasteiger partial charge on any atom is -0.390 e. The molecule has 2 aliphatic rings. The van der Waals surface area contributed by atoms with Gasteiger partial charge in [0.1, 0.15) is 12.8 Å². The van der Waals surface area contributed by atoms with Gasteiger partial charge in [-0.1, -0.05) is 18.2 Å². The van der Waals surface area contributed by atoms with Gasteiger partial charge in [0, 0.05) is 53.3 Å². The second-order valence-corrected chi connectivity index (χ2v) is 10.9. The van der Waals surface area contributed by atoms with Gasteiger partial charge in [-0.2, -0.15) is 0 Å². The van der Waals surface area contributed by atoms with Crippen molar-refractivity contribution < 1.29 is 22.7 Å². The molecule has 5 rings (SSSR count). The number of H-pyrrole nitrogens is 1. The van der Waals surface area contributed by atoms with Crippen LogP contribution < -0.4 is 5.32 Å².